The number of hydrogen-bond acceptors (Lipinski definition) is 12. The summed E-state index contributed by atoms with van der Waals surface area (Å²) in [5.41, 5.74) is 6.33. The van der Waals surface area contributed by atoms with Gasteiger partial charge >= 0.3 is 0 Å². The molecule has 6 rings (SSSR count). The Kier molecular flexibility index (Phi) is 9.39. The molecule has 0 saturated carbocycles. The van der Waals surface area contributed by atoms with Crippen molar-refractivity contribution in [1.82, 2.24) is 9.88 Å². The maximum absolute atomic E-state index is 11.1. The summed E-state index contributed by atoms with van der Waals surface area (Å²) in [5.74, 6) is 0. The van der Waals surface area contributed by atoms with Crippen LogP contribution >= 0.6 is 11.6 Å². The van der Waals surface area contributed by atoms with Crippen molar-refractivity contribution < 1.29 is 50.0 Å². The summed E-state index contributed by atoms with van der Waals surface area (Å²) in [4.78, 5) is 6.48. The number of rotatable bonds is 5. The van der Waals surface area contributed by atoms with Crippen LogP contribution in [-0.4, -0.2) is 127 Å². The Morgan fingerprint density at radius 2 is 1.64 bits per heavy atom. The molecular weight excluding hydrogens is 596 g/mol. The highest BCUT2D eigenvalue weighted by Gasteiger charge is 2.51. The van der Waals surface area contributed by atoms with Crippen molar-refractivity contribution in [1.29, 1.82) is 0 Å². The van der Waals surface area contributed by atoms with E-state index in [9.17, 15) is 35.7 Å². The summed E-state index contributed by atoms with van der Waals surface area (Å²) in [5, 5.41) is 73.0. The molecule has 0 unspecified atom stereocenters. The Morgan fingerprint density at radius 3 is 2.36 bits per heavy atom. The van der Waals surface area contributed by atoms with Gasteiger partial charge in [0.15, 0.2) is 12.5 Å². The molecule has 2 saturated heterocycles. The van der Waals surface area contributed by atoms with Crippen molar-refractivity contribution in [2.45, 2.75) is 80.6 Å². The number of aliphatic hydroxyl groups excluding tert-OH is 7. The summed E-state index contributed by atoms with van der Waals surface area (Å²) in [6.45, 7) is -0.842. The lowest BCUT2D eigenvalue weighted by molar-refractivity contribution is -0.347. The SMILES string of the molecule is OC[C@H]1O[C@@H](O[C@H]2[C@H](O)[C@@H](O)[C@H](N3C=C/C(=C4/c5ccc(Cl)cc5CCc5cccnc54)CC3)O[C@@H]2CO)[C@H](O)[C@@H](O)[C@H]1O. The highest BCUT2D eigenvalue weighted by molar-refractivity contribution is 6.30. The van der Waals surface area contributed by atoms with Gasteiger partial charge in [-0.25, -0.2) is 0 Å². The Hall–Kier alpha value is -2.46. The number of allylic oxidation sites excluding steroid dienone is 1. The van der Waals surface area contributed by atoms with Crippen molar-refractivity contribution in [3.63, 3.8) is 0 Å². The summed E-state index contributed by atoms with van der Waals surface area (Å²) >= 11 is 6.34. The minimum atomic E-state index is -1.73. The van der Waals surface area contributed by atoms with E-state index in [1.54, 1.807) is 17.3 Å². The molecule has 0 bridgehead atoms. The number of fused-ring (bicyclic) bond motifs is 2. The number of halogens is 1. The van der Waals surface area contributed by atoms with Crippen LogP contribution in [0.15, 0.2) is 54.4 Å². The minimum absolute atomic E-state index is 0.422. The molecule has 44 heavy (non-hydrogen) atoms. The van der Waals surface area contributed by atoms with Gasteiger partial charge in [-0.2, -0.15) is 0 Å². The molecule has 1 aromatic heterocycles. The largest absolute Gasteiger partial charge is 0.394 e. The lowest BCUT2D eigenvalue weighted by Crippen LogP contribution is -2.66. The van der Waals surface area contributed by atoms with Crippen LogP contribution in [0.1, 0.15) is 28.8 Å². The van der Waals surface area contributed by atoms with E-state index in [4.69, 9.17) is 30.8 Å². The van der Waals surface area contributed by atoms with Crippen LogP contribution in [0.2, 0.25) is 5.02 Å². The molecular formula is C31H37ClN2O10. The van der Waals surface area contributed by atoms with Gasteiger partial charge in [0.1, 0.15) is 48.8 Å². The van der Waals surface area contributed by atoms with Crippen LogP contribution in [-0.2, 0) is 27.1 Å². The second-order valence-electron chi connectivity index (χ2n) is 11.5. The van der Waals surface area contributed by atoms with E-state index >= 15 is 0 Å². The van der Waals surface area contributed by atoms with Crippen molar-refractivity contribution in [3.05, 3.63) is 81.8 Å². The van der Waals surface area contributed by atoms with Crippen molar-refractivity contribution in [2.75, 3.05) is 19.8 Å². The average molecular weight is 633 g/mol. The van der Waals surface area contributed by atoms with E-state index in [2.05, 4.69) is 6.07 Å². The van der Waals surface area contributed by atoms with Crippen molar-refractivity contribution >= 4 is 17.2 Å². The van der Waals surface area contributed by atoms with Crippen LogP contribution in [0.4, 0.5) is 0 Å². The Balaban J connectivity index is 1.24. The first-order valence-electron chi connectivity index (χ1n) is 14.7. The summed E-state index contributed by atoms with van der Waals surface area (Å²) in [6, 6.07) is 9.91. The van der Waals surface area contributed by atoms with Crippen LogP contribution in [0.5, 0.6) is 0 Å². The molecule has 0 spiro atoms. The third-order valence-corrected chi connectivity index (χ3v) is 9.10. The maximum atomic E-state index is 11.1. The van der Waals surface area contributed by atoms with Crippen LogP contribution in [0.3, 0.4) is 0 Å². The van der Waals surface area contributed by atoms with E-state index in [1.807, 2.05) is 30.3 Å². The second-order valence-corrected chi connectivity index (χ2v) is 12.0. The zero-order valence-corrected chi connectivity index (χ0v) is 24.5. The molecule has 1 aliphatic carbocycles. The molecule has 10 atom stereocenters. The van der Waals surface area contributed by atoms with Gasteiger partial charge < -0.3 is 54.9 Å². The van der Waals surface area contributed by atoms with Crippen LogP contribution in [0.25, 0.3) is 5.57 Å². The predicted octanol–water partition coefficient (Wildman–Crippen LogP) is -0.521. The second kappa shape index (κ2) is 13.1. The Labute approximate surface area is 259 Å². The number of benzene rings is 1. The number of nitrogens with zero attached hydrogens (tertiary/aromatic N) is 2. The average Bonchev–Trinajstić information content (AvgIpc) is 3.20. The van der Waals surface area contributed by atoms with E-state index in [0.717, 1.165) is 46.4 Å². The summed E-state index contributed by atoms with van der Waals surface area (Å²) in [7, 11) is 0. The summed E-state index contributed by atoms with van der Waals surface area (Å²) < 4.78 is 17.1. The normalized spacial score (nSPS) is 37.3. The zero-order valence-electron chi connectivity index (χ0n) is 23.8. The predicted molar refractivity (Wildman–Crippen MR) is 156 cm³/mol. The van der Waals surface area contributed by atoms with Crippen LogP contribution in [0, 0.1) is 0 Å². The lowest BCUT2D eigenvalue weighted by Gasteiger charge is -2.48. The fourth-order valence-electron chi connectivity index (χ4n) is 6.46. The third kappa shape index (κ3) is 5.81. The number of aliphatic hydroxyl groups is 7. The van der Waals surface area contributed by atoms with Crippen molar-refractivity contribution in [2.24, 2.45) is 0 Å². The molecule has 4 aliphatic rings. The van der Waals surface area contributed by atoms with Gasteiger partial charge in [-0.15, -0.1) is 0 Å². The fourth-order valence-corrected chi connectivity index (χ4v) is 6.65. The monoisotopic (exact) mass is 632 g/mol. The van der Waals surface area contributed by atoms with Gasteiger partial charge in [0.05, 0.1) is 18.9 Å². The van der Waals surface area contributed by atoms with E-state index in [-0.39, 0.29) is 0 Å². The Bertz CT molecular complexity index is 1400. The van der Waals surface area contributed by atoms with Crippen molar-refractivity contribution in [3.8, 4) is 0 Å². The fraction of sp³-hybridized carbons (Fsp3) is 0.516. The third-order valence-electron chi connectivity index (χ3n) is 8.86. The smallest absolute Gasteiger partial charge is 0.187 e. The topological polar surface area (TPSA) is 185 Å². The van der Waals surface area contributed by atoms with Crippen LogP contribution < -0.4 is 0 Å². The molecule has 3 aliphatic heterocycles. The van der Waals surface area contributed by atoms with E-state index < -0.39 is 74.6 Å². The highest BCUT2D eigenvalue weighted by atomic mass is 35.5. The molecule has 13 heteroatoms. The first-order chi connectivity index (χ1) is 21.2. The van der Waals surface area contributed by atoms with Gasteiger partial charge in [0.25, 0.3) is 0 Å². The molecule has 7 N–H and O–H groups in total. The molecule has 2 aromatic rings. The maximum Gasteiger partial charge on any atom is 0.187 e. The van der Waals surface area contributed by atoms with E-state index in [0.29, 0.717) is 18.0 Å². The Morgan fingerprint density at radius 1 is 0.864 bits per heavy atom. The zero-order chi connectivity index (χ0) is 31.1. The van der Waals surface area contributed by atoms with Gasteiger partial charge in [-0.1, -0.05) is 23.7 Å². The molecule has 1 aromatic carbocycles. The lowest BCUT2D eigenvalue weighted by atomic mass is 9.90. The standard InChI is InChI=1S/C31H37ClN2O10/c32-18-5-6-19-17(12-18)4-3-16-2-1-9-33-23(16)22(19)15-7-10-34(11-8-15)30-27(40)26(39)29(21(14-36)42-30)44-31-28(41)25(38)24(37)20(13-35)43-31/h1-2,5-7,9-10,12,20-21,24-31,35-41H,3-4,8,11,13-14H2/b22-15+/t20-,21-,24+,25+,26-,27-,28-,29-,30-,31+/m1/s1. The number of aryl methyl sites for hydroxylation is 2. The quantitative estimate of drug-likeness (QED) is 0.224. The number of ether oxygens (including phenoxy) is 3. The number of aromatic nitrogens is 1. The minimum Gasteiger partial charge on any atom is -0.394 e. The van der Waals surface area contributed by atoms with Gasteiger partial charge in [-0.05, 0) is 65.8 Å². The highest BCUT2D eigenvalue weighted by Crippen LogP contribution is 2.39. The number of pyridine rings is 1. The summed E-state index contributed by atoms with van der Waals surface area (Å²) in [6.07, 6.45) is -6.71. The molecule has 12 nitrogen and oxygen atoms in total. The van der Waals surface area contributed by atoms with Gasteiger partial charge in [0.2, 0.25) is 0 Å². The van der Waals surface area contributed by atoms with E-state index in [1.165, 1.54) is 0 Å². The molecule has 238 valence electrons. The number of hydrogen-bond donors (Lipinski definition) is 7. The first kappa shape index (κ1) is 31.5. The molecule has 2 fully saturated rings. The van der Waals surface area contributed by atoms with Gasteiger partial charge in [0, 0.05) is 29.5 Å². The first-order valence-corrected chi connectivity index (χ1v) is 15.1. The molecule has 0 radical (unpaired) electrons. The molecule has 0 amide bonds. The van der Waals surface area contributed by atoms with Gasteiger partial charge in [-0.3, -0.25) is 4.98 Å². The molecule has 4 heterocycles.